The second kappa shape index (κ2) is 12.4. The molecule has 144 valence electrons. The number of benzene rings is 1. The molecule has 1 nitrogen and oxygen atoms in total. The van der Waals surface area contributed by atoms with Gasteiger partial charge in [-0.25, -0.2) is 0 Å². The van der Waals surface area contributed by atoms with E-state index in [2.05, 4.69) is 46.8 Å². The molecule has 0 spiro atoms. The number of hydrogen-bond acceptors (Lipinski definition) is 1. The summed E-state index contributed by atoms with van der Waals surface area (Å²) in [7, 11) is 0. The van der Waals surface area contributed by atoms with Crippen LogP contribution >= 0.6 is 0 Å². The molecule has 0 fully saturated rings. The Morgan fingerprint density at radius 3 is 1.52 bits per heavy atom. The minimum absolute atomic E-state index is 0.588. The third kappa shape index (κ3) is 9.33. The molecule has 0 aromatic heterocycles. The van der Waals surface area contributed by atoms with Crippen molar-refractivity contribution in [2.24, 2.45) is 11.8 Å². The topological polar surface area (TPSA) is 20.2 Å². The molecule has 0 unspecified atom stereocenters. The maximum atomic E-state index is 10.7. The van der Waals surface area contributed by atoms with Crippen LogP contribution < -0.4 is 0 Å². The summed E-state index contributed by atoms with van der Waals surface area (Å²) < 4.78 is 0. The van der Waals surface area contributed by atoms with Gasteiger partial charge < -0.3 is 5.11 Å². The lowest BCUT2D eigenvalue weighted by Crippen LogP contribution is -1.97. The van der Waals surface area contributed by atoms with Crippen LogP contribution in [0.5, 0.6) is 5.75 Å². The van der Waals surface area contributed by atoms with Crippen molar-refractivity contribution in [1.29, 1.82) is 0 Å². The summed E-state index contributed by atoms with van der Waals surface area (Å²) in [6.45, 7) is 11.4. The number of unbranched alkanes of at least 4 members (excludes halogenated alkanes) is 4. The maximum Gasteiger partial charge on any atom is 0.121 e. The standard InChI is InChI=1S/C24H42O/c1-6-21-17-22(15-11-7-9-13-19(2)3)24(25)23(18-21)16-12-8-10-14-20(4)5/h17-20,25H,6-16H2,1-5H3. The molecular formula is C24H42O. The van der Waals surface area contributed by atoms with Crippen LogP contribution in [0.2, 0.25) is 0 Å². The number of phenolic OH excluding ortho intramolecular Hbond substituents is 1. The van der Waals surface area contributed by atoms with Gasteiger partial charge in [-0.1, -0.05) is 85.3 Å². The minimum atomic E-state index is 0.588. The zero-order chi connectivity index (χ0) is 18.7. The molecule has 1 rings (SSSR count). The lowest BCUT2D eigenvalue weighted by molar-refractivity contribution is 0.454. The van der Waals surface area contributed by atoms with Crippen LogP contribution in [0.15, 0.2) is 12.1 Å². The van der Waals surface area contributed by atoms with Gasteiger partial charge in [0.1, 0.15) is 5.75 Å². The van der Waals surface area contributed by atoms with E-state index in [0.717, 1.165) is 31.1 Å². The van der Waals surface area contributed by atoms with E-state index in [9.17, 15) is 5.11 Å². The van der Waals surface area contributed by atoms with Gasteiger partial charge in [0.2, 0.25) is 0 Å². The fourth-order valence-corrected chi connectivity index (χ4v) is 3.51. The third-order valence-electron chi connectivity index (χ3n) is 5.19. The van der Waals surface area contributed by atoms with Crippen molar-refractivity contribution < 1.29 is 5.11 Å². The van der Waals surface area contributed by atoms with Gasteiger partial charge in [-0.3, -0.25) is 0 Å². The monoisotopic (exact) mass is 346 g/mol. The summed E-state index contributed by atoms with van der Waals surface area (Å²) in [6, 6.07) is 4.47. The van der Waals surface area contributed by atoms with Gasteiger partial charge in [0.05, 0.1) is 0 Å². The van der Waals surface area contributed by atoms with E-state index < -0.39 is 0 Å². The first-order valence-electron chi connectivity index (χ1n) is 10.8. The number of phenols is 1. The summed E-state index contributed by atoms with van der Waals surface area (Å²) in [5.41, 5.74) is 3.74. The van der Waals surface area contributed by atoms with E-state index in [1.807, 2.05) is 0 Å². The number of aryl methyl sites for hydroxylation is 3. The summed E-state index contributed by atoms with van der Waals surface area (Å²) >= 11 is 0. The molecule has 0 radical (unpaired) electrons. The van der Waals surface area contributed by atoms with Gasteiger partial charge in [0.25, 0.3) is 0 Å². The second-order valence-corrected chi connectivity index (χ2v) is 8.60. The molecule has 0 saturated carbocycles. The van der Waals surface area contributed by atoms with E-state index in [1.165, 1.54) is 68.1 Å². The Bertz CT molecular complexity index is 434. The molecular weight excluding hydrogens is 304 g/mol. The zero-order valence-electron chi connectivity index (χ0n) is 17.5. The molecule has 0 saturated heterocycles. The molecule has 1 N–H and O–H groups in total. The molecule has 0 aliphatic heterocycles. The van der Waals surface area contributed by atoms with Crippen molar-refractivity contribution in [1.82, 2.24) is 0 Å². The third-order valence-corrected chi connectivity index (χ3v) is 5.19. The summed E-state index contributed by atoms with van der Waals surface area (Å²) in [6.07, 6.45) is 13.3. The van der Waals surface area contributed by atoms with Gasteiger partial charge in [-0.05, 0) is 60.6 Å². The summed E-state index contributed by atoms with van der Waals surface area (Å²) in [4.78, 5) is 0. The van der Waals surface area contributed by atoms with E-state index in [-0.39, 0.29) is 0 Å². The second-order valence-electron chi connectivity index (χ2n) is 8.60. The van der Waals surface area contributed by atoms with Gasteiger partial charge >= 0.3 is 0 Å². The van der Waals surface area contributed by atoms with Crippen LogP contribution in [-0.4, -0.2) is 5.11 Å². The van der Waals surface area contributed by atoms with Crippen LogP contribution in [0.4, 0.5) is 0 Å². The highest BCUT2D eigenvalue weighted by molar-refractivity contribution is 5.44. The van der Waals surface area contributed by atoms with Gasteiger partial charge in [-0.2, -0.15) is 0 Å². The van der Waals surface area contributed by atoms with Crippen molar-refractivity contribution in [3.8, 4) is 5.75 Å². The van der Waals surface area contributed by atoms with Crippen LogP contribution in [0.1, 0.15) is 103 Å². The zero-order valence-corrected chi connectivity index (χ0v) is 17.5. The first-order chi connectivity index (χ1) is 11.9. The predicted octanol–water partition coefficient (Wildman–Crippen LogP) is 7.47. The maximum absolute atomic E-state index is 10.7. The fourth-order valence-electron chi connectivity index (χ4n) is 3.51. The van der Waals surface area contributed by atoms with Crippen LogP contribution in [0.25, 0.3) is 0 Å². The molecule has 1 aromatic rings. The lowest BCUT2D eigenvalue weighted by Gasteiger charge is -2.13. The van der Waals surface area contributed by atoms with Crippen LogP contribution in [0.3, 0.4) is 0 Å². The molecule has 0 amide bonds. The Balaban J connectivity index is 2.54. The molecule has 1 heteroatoms. The Hall–Kier alpha value is -0.980. The first-order valence-corrected chi connectivity index (χ1v) is 10.8. The van der Waals surface area contributed by atoms with Gasteiger partial charge in [0.15, 0.2) is 0 Å². The largest absolute Gasteiger partial charge is 0.507 e. The highest BCUT2D eigenvalue weighted by atomic mass is 16.3. The predicted molar refractivity (Wildman–Crippen MR) is 112 cm³/mol. The fraction of sp³-hybridized carbons (Fsp3) is 0.750. The highest BCUT2D eigenvalue weighted by Crippen LogP contribution is 2.28. The van der Waals surface area contributed by atoms with Gasteiger partial charge in [-0.15, -0.1) is 0 Å². The summed E-state index contributed by atoms with van der Waals surface area (Å²) in [5.74, 6) is 2.20. The Morgan fingerprint density at radius 1 is 0.720 bits per heavy atom. The molecule has 0 aliphatic carbocycles. The Labute approximate surface area is 157 Å². The van der Waals surface area contributed by atoms with Crippen molar-refractivity contribution in [3.63, 3.8) is 0 Å². The molecule has 1 aromatic carbocycles. The van der Waals surface area contributed by atoms with Crippen molar-refractivity contribution in [2.75, 3.05) is 0 Å². The number of aromatic hydroxyl groups is 1. The molecule has 0 heterocycles. The molecule has 0 bridgehead atoms. The van der Waals surface area contributed by atoms with E-state index in [1.54, 1.807) is 0 Å². The number of rotatable bonds is 13. The van der Waals surface area contributed by atoms with E-state index >= 15 is 0 Å². The SMILES string of the molecule is CCc1cc(CCCCCC(C)C)c(O)c(CCCCCC(C)C)c1. The van der Waals surface area contributed by atoms with Crippen molar-refractivity contribution in [3.05, 3.63) is 28.8 Å². The first kappa shape index (κ1) is 22.1. The highest BCUT2D eigenvalue weighted by Gasteiger charge is 2.10. The van der Waals surface area contributed by atoms with Crippen molar-refractivity contribution in [2.45, 2.75) is 105 Å². The van der Waals surface area contributed by atoms with Crippen LogP contribution in [-0.2, 0) is 19.3 Å². The normalized spacial score (nSPS) is 11.6. The Morgan fingerprint density at radius 2 is 1.16 bits per heavy atom. The molecule has 0 atom stereocenters. The number of hydrogen-bond donors (Lipinski definition) is 1. The van der Waals surface area contributed by atoms with E-state index in [4.69, 9.17) is 0 Å². The average molecular weight is 347 g/mol. The quantitative estimate of drug-likeness (QED) is 0.367. The minimum Gasteiger partial charge on any atom is -0.507 e. The average Bonchev–Trinajstić information content (AvgIpc) is 2.56. The smallest absolute Gasteiger partial charge is 0.121 e. The van der Waals surface area contributed by atoms with Crippen molar-refractivity contribution >= 4 is 0 Å². The summed E-state index contributed by atoms with van der Waals surface area (Å²) in [5, 5.41) is 10.7. The van der Waals surface area contributed by atoms with Gasteiger partial charge in [0, 0.05) is 0 Å². The molecule has 0 aliphatic rings. The Kier molecular flexibility index (Phi) is 10.9. The van der Waals surface area contributed by atoms with Crippen LogP contribution in [0, 0.1) is 11.8 Å². The van der Waals surface area contributed by atoms with E-state index in [0.29, 0.717) is 5.75 Å². The molecule has 25 heavy (non-hydrogen) atoms. The lowest BCUT2D eigenvalue weighted by atomic mass is 9.94.